The van der Waals surface area contributed by atoms with Gasteiger partial charge in [0, 0.05) is 29.5 Å². The first-order valence-electron chi connectivity index (χ1n) is 12.9. The normalized spacial score (nSPS) is 18.9. The molecule has 2 fully saturated rings. The lowest BCUT2D eigenvalue weighted by Gasteiger charge is -2.31. The molecule has 2 aromatic heterocycles. The van der Waals surface area contributed by atoms with E-state index in [1.807, 2.05) is 29.9 Å². The van der Waals surface area contributed by atoms with Gasteiger partial charge in [-0.2, -0.15) is 5.10 Å². The van der Waals surface area contributed by atoms with E-state index in [1.165, 1.54) is 37.1 Å². The summed E-state index contributed by atoms with van der Waals surface area (Å²) in [6, 6.07) is 12.5. The summed E-state index contributed by atoms with van der Waals surface area (Å²) in [6.07, 6.45) is 2.18. The molecule has 0 bridgehead atoms. The lowest BCUT2D eigenvalue weighted by molar-refractivity contribution is -0.274. The van der Waals surface area contributed by atoms with Crippen LogP contribution in [0, 0.1) is 6.92 Å². The number of anilines is 1. The van der Waals surface area contributed by atoms with Crippen molar-refractivity contribution in [3.05, 3.63) is 71.3 Å². The molecule has 0 amide bonds. The van der Waals surface area contributed by atoms with Crippen LogP contribution in [0.4, 0.5) is 18.9 Å². The van der Waals surface area contributed by atoms with Gasteiger partial charge in [0.25, 0.3) is 5.90 Å². The van der Waals surface area contributed by atoms with Gasteiger partial charge in [-0.1, -0.05) is 0 Å². The van der Waals surface area contributed by atoms with Crippen molar-refractivity contribution in [2.45, 2.75) is 57.5 Å². The Bertz CT molecular complexity index is 1310. The maximum Gasteiger partial charge on any atom is 0.573 e. The van der Waals surface area contributed by atoms with Crippen molar-refractivity contribution < 1.29 is 22.6 Å². The third-order valence-electron chi connectivity index (χ3n) is 7.29. The number of alkyl halides is 3. The summed E-state index contributed by atoms with van der Waals surface area (Å²) < 4.78 is 48.8. The van der Waals surface area contributed by atoms with Crippen molar-refractivity contribution in [1.29, 1.82) is 0 Å². The molecule has 38 heavy (non-hydrogen) atoms. The Hall–Kier alpha value is -3.60. The summed E-state index contributed by atoms with van der Waals surface area (Å²) in [7, 11) is 0. The van der Waals surface area contributed by atoms with Crippen molar-refractivity contribution in [3.8, 4) is 5.75 Å². The molecule has 0 N–H and O–H groups in total. The number of aryl methyl sites for hydroxylation is 1. The largest absolute Gasteiger partial charge is 0.573 e. The molecule has 0 unspecified atom stereocenters. The van der Waals surface area contributed by atoms with E-state index in [0.29, 0.717) is 29.7 Å². The first-order chi connectivity index (χ1) is 18.3. The summed E-state index contributed by atoms with van der Waals surface area (Å²) in [4.78, 5) is 7.31. The Morgan fingerprint density at radius 2 is 1.79 bits per heavy atom. The van der Waals surface area contributed by atoms with Crippen molar-refractivity contribution in [3.63, 3.8) is 0 Å². The fraction of sp³-hybridized carbons (Fsp3) is 0.444. The molecule has 3 aliphatic rings. The number of halogens is 3. The molecule has 3 aromatic rings. The maximum atomic E-state index is 12.4. The highest BCUT2D eigenvalue weighted by atomic mass is 19.4. The quantitative estimate of drug-likeness (QED) is 0.430. The fourth-order valence-corrected chi connectivity index (χ4v) is 5.13. The zero-order chi connectivity index (χ0) is 26.3. The van der Waals surface area contributed by atoms with Crippen molar-refractivity contribution in [1.82, 2.24) is 19.7 Å². The van der Waals surface area contributed by atoms with Gasteiger partial charge in [-0.05, 0) is 93.7 Å². The van der Waals surface area contributed by atoms with E-state index in [2.05, 4.69) is 25.8 Å². The molecule has 4 heterocycles. The summed E-state index contributed by atoms with van der Waals surface area (Å²) in [5.41, 5.74) is 4.46. The number of nitrogens with zero attached hydrogens (tertiary/aromatic N) is 6. The van der Waals surface area contributed by atoms with Gasteiger partial charge >= 0.3 is 6.36 Å². The van der Waals surface area contributed by atoms with Crippen molar-refractivity contribution in [2.75, 3.05) is 24.8 Å². The lowest BCUT2D eigenvalue weighted by atomic mass is 9.92. The number of hydrazone groups is 1. The Morgan fingerprint density at radius 1 is 1.03 bits per heavy atom. The average Bonchev–Trinajstić information content (AvgIpc) is 3.52. The fourth-order valence-electron chi connectivity index (χ4n) is 5.13. The molecule has 1 saturated carbocycles. The predicted molar refractivity (Wildman–Crippen MR) is 135 cm³/mol. The van der Waals surface area contributed by atoms with Crippen LogP contribution in [0.1, 0.15) is 54.2 Å². The van der Waals surface area contributed by atoms with E-state index in [0.717, 1.165) is 48.9 Å². The zero-order valence-electron chi connectivity index (χ0n) is 21.1. The number of ether oxygens (including phenoxy) is 2. The highest BCUT2D eigenvalue weighted by molar-refractivity contribution is 5.94. The Morgan fingerprint density at radius 3 is 2.50 bits per heavy atom. The molecule has 2 aliphatic heterocycles. The van der Waals surface area contributed by atoms with Gasteiger partial charge < -0.3 is 14.4 Å². The van der Waals surface area contributed by atoms with Crippen LogP contribution in [-0.4, -0.2) is 57.8 Å². The van der Waals surface area contributed by atoms with Crippen LogP contribution in [0.5, 0.6) is 5.75 Å². The number of piperidine rings is 1. The highest BCUT2D eigenvalue weighted by Crippen LogP contribution is 2.34. The van der Waals surface area contributed by atoms with Gasteiger partial charge in [0.2, 0.25) is 0 Å². The molecular formula is C27H29F3N6O2. The summed E-state index contributed by atoms with van der Waals surface area (Å²) in [5.74, 6) is 0.573. The SMILES string of the molecule is Cc1cc(C2=NN(c3ccc(OC(F)(F)F)cc3)CO2)nn1Cc1ccnc(C2CCN(C3CC3)CC2)c1. The standard InChI is InChI=1S/C27H29F3N6O2/c1-18-14-25(26-33-36(17-37-26)22-4-6-23(7-5-22)38-27(28,29)30)32-35(18)16-19-8-11-31-24(15-19)20-9-12-34(13-10-20)21-2-3-21/h4-8,11,14-15,20-21H,2-3,9-10,12-13,16-17H2,1H3. The maximum absolute atomic E-state index is 12.4. The molecule has 8 nitrogen and oxygen atoms in total. The van der Waals surface area contributed by atoms with Crippen LogP contribution in [0.3, 0.4) is 0 Å². The second-order valence-corrected chi connectivity index (χ2v) is 10.1. The summed E-state index contributed by atoms with van der Waals surface area (Å²) >= 11 is 0. The highest BCUT2D eigenvalue weighted by Gasteiger charge is 2.33. The lowest BCUT2D eigenvalue weighted by Crippen LogP contribution is -2.34. The smallest absolute Gasteiger partial charge is 0.452 e. The van der Waals surface area contributed by atoms with Crippen molar-refractivity contribution >= 4 is 11.6 Å². The van der Waals surface area contributed by atoms with Crippen LogP contribution in [0.15, 0.2) is 53.8 Å². The van der Waals surface area contributed by atoms with E-state index in [1.54, 1.807) is 5.01 Å². The Balaban J connectivity index is 1.11. The molecule has 1 saturated heterocycles. The number of rotatable bonds is 7. The monoisotopic (exact) mass is 526 g/mol. The van der Waals surface area contributed by atoms with Gasteiger partial charge in [-0.3, -0.25) is 9.67 Å². The second kappa shape index (κ2) is 9.94. The van der Waals surface area contributed by atoms with E-state index in [-0.39, 0.29) is 12.5 Å². The molecule has 11 heteroatoms. The molecule has 6 rings (SSSR count). The van der Waals surface area contributed by atoms with Crippen LogP contribution < -0.4 is 9.75 Å². The van der Waals surface area contributed by atoms with Gasteiger partial charge in [-0.15, -0.1) is 18.3 Å². The van der Waals surface area contributed by atoms with Crippen molar-refractivity contribution in [2.24, 2.45) is 5.10 Å². The zero-order valence-corrected chi connectivity index (χ0v) is 21.1. The first kappa shape index (κ1) is 24.7. The van der Waals surface area contributed by atoms with Gasteiger partial charge in [-0.25, -0.2) is 5.01 Å². The molecule has 1 aliphatic carbocycles. The molecule has 200 valence electrons. The third-order valence-corrected chi connectivity index (χ3v) is 7.29. The summed E-state index contributed by atoms with van der Waals surface area (Å²) in [5, 5.41) is 10.7. The molecule has 0 spiro atoms. The number of likely N-dealkylation sites (tertiary alicyclic amines) is 1. The van der Waals surface area contributed by atoms with Crippen LogP contribution in [-0.2, 0) is 11.3 Å². The molecule has 1 aromatic carbocycles. The molecular weight excluding hydrogens is 497 g/mol. The second-order valence-electron chi connectivity index (χ2n) is 10.1. The Labute approximate surface area is 218 Å². The minimum atomic E-state index is -4.73. The molecule has 0 radical (unpaired) electrons. The van der Waals surface area contributed by atoms with Crippen LogP contribution in [0.25, 0.3) is 0 Å². The average molecular weight is 527 g/mol. The summed E-state index contributed by atoms with van der Waals surface area (Å²) in [6.45, 7) is 5.05. The van der Waals surface area contributed by atoms with Gasteiger partial charge in [0.1, 0.15) is 11.4 Å². The minimum absolute atomic E-state index is 0.133. The number of hydrogen-bond acceptors (Lipinski definition) is 7. The van der Waals surface area contributed by atoms with Crippen LogP contribution >= 0.6 is 0 Å². The molecule has 0 atom stereocenters. The number of benzene rings is 1. The third kappa shape index (κ3) is 5.62. The predicted octanol–water partition coefficient (Wildman–Crippen LogP) is 5.03. The van der Waals surface area contributed by atoms with E-state index < -0.39 is 6.36 Å². The Kier molecular flexibility index (Phi) is 6.46. The first-order valence-corrected chi connectivity index (χ1v) is 12.9. The number of hydrogen-bond donors (Lipinski definition) is 0. The number of aromatic nitrogens is 3. The van der Waals surface area contributed by atoms with Gasteiger partial charge in [0.15, 0.2) is 6.73 Å². The van der Waals surface area contributed by atoms with E-state index in [9.17, 15) is 13.2 Å². The van der Waals surface area contributed by atoms with Gasteiger partial charge in [0.05, 0.1) is 12.2 Å². The minimum Gasteiger partial charge on any atom is -0.452 e. The van der Waals surface area contributed by atoms with E-state index >= 15 is 0 Å². The van der Waals surface area contributed by atoms with E-state index in [4.69, 9.17) is 9.84 Å². The topological polar surface area (TPSA) is 68.0 Å². The van der Waals surface area contributed by atoms with Crippen LogP contribution in [0.2, 0.25) is 0 Å². The number of pyridine rings is 1.